The number of benzene rings is 1. The molecule has 23 heavy (non-hydrogen) atoms. The minimum atomic E-state index is -0.868. The first kappa shape index (κ1) is 17.0. The zero-order valence-electron chi connectivity index (χ0n) is 13.2. The lowest BCUT2D eigenvalue weighted by atomic mass is 10.1. The van der Waals surface area contributed by atoms with E-state index in [9.17, 15) is 14.4 Å². The molecule has 1 aromatic rings. The van der Waals surface area contributed by atoms with Gasteiger partial charge in [0, 0.05) is 38.0 Å². The van der Waals surface area contributed by atoms with E-state index in [1.165, 1.54) is 0 Å². The Bertz CT molecular complexity index is 583. The average molecular weight is 318 g/mol. The molecule has 1 saturated heterocycles. The molecule has 1 aliphatic rings. The Morgan fingerprint density at radius 1 is 1.30 bits per heavy atom. The van der Waals surface area contributed by atoms with Crippen molar-refractivity contribution in [2.24, 2.45) is 5.92 Å². The maximum Gasteiger partial charge on any atom is 0.303 e. The van der Waals surface area contributed by atoms with Gasteiger partial charge in [0.2, 0.25) is 5.91 Å². The molecule has 0 saturated carbocycles. The summed E-state index contributed by atoms with van der Waals surface area (Å²) in [6, 6.07) is 7.16. The van der Waals surface area contributed by atoms with E-state index in [2.05, 4.69) is 5.32 Å². The Kier molecular flexibility index (Phi) is 5.73. The third-order valence-corrected chi connectivity index (χ3v) is 3.90. The van der Waals surface area contributed by atoms with Gasteiger partial charge in [0.15, 0.2) is 0 Å². The predicted octanol–water partition coefficient (Wildman–Crippen LogP) is 1.65. The number of carboxylic acids is 1. The molecule has 1 heterocycles. The first-order valence-electron chi connectivity index (χ1n) is 7.82. The van der Waals surface area contributed by atoms with Crippen LogP contribution in [-0.4, -0.2) is 40.9 Å². The number of carbonyl (C=O) groups excluding carboxylic acids is 2. The molecule has 1 atom stereocenters. The highest BCUT2D eigenvalue weighted by atomic mass is 16.4. The average Bonchev–Trinajstić information content (AvgIpc) is 2.90. The number of nitrogens with zero attached hydrogens (tertiary/aromatic N) is 1. The van der Waals surface area contributed by atoms with Crippen LogP contribution >= 0.6 is 0 Å². The highest BCUT2D eigenvalue weighted by Gasteiger charge is 2.20. The first-order valence-corrected chi connectivity index (χ1v) is 7.82. The van der Waals surface area contributed by atoms with Gasteiger partial charge in [-0.05, 0) is 30.0 Å². The number of hydrogen-bond acceptors (Lipinski definition) is 3. The topological polar surface area (TPSA) is 86.7 Å². The van der Waals surface area contributed by atoms with Gasteiger partial charge in [-0.1, -0.05) is 19.1 Å². The minimum Gasteiger partial charge on any atom is -0.481 e. The Hall–Kier alpha value is -2.37. The second kappa shape index (κ2) is 7.76. The van der Waals surface area contributed by atoms with Crippen molar-refractivity contribution in [1.29, 1.82) is 0 Å². The van der Waals surface area contributed by atoms with Crippen LogP contribution in [0.4, 0.5) is 0 Å². The van der Waals surface area contributed by atoms with Crippen LogP contribution in [0.5, 0.6) is 0 Å². The lowest BCUT2D eigenvalue weighted by molar-refractivity contribution is -0.138. The summed E-state index contributed by atoms with van der Waals surface area (Å²) in [4.78, 5) is 36.0. The summed E-state index contributed by atoms with van der Waals surface area (Å²) >= 11 is 0. The van der Waals surface area contributed by atoms with Crippen molar-refractivity contribution in [3.63, 3.8) is 0 Å². The van der Waals surface area contributed by atoms with Crippen molar-refractivity contribution < 1.29 is 19.5 Å². The molecule has 0 bridgehead atoms. The number of carboxylic acid groups (broad SMARTS) is 1. The van der Waals surface area contributed by atoms with Crippen molar-refractivity contribution in [2.45, 2.75) is 32.7 Å². The van der Waals surface area contributed by atoms with Crippen molar-refractivity contribution in [2.75, 3.05) is 13.1 Å². The number of amides is 2. The number of nitrogens with one attached hydrogen (secondary N) is 1. The van der Waals surface area contributed by atoms with Gasteiger partial charge in [-0.2, -0.15) is 0 Å². The molecule has 6 nitrogen and oxygen atoms in total. The number of hydrogen-bond donors (Lipinski definition) is 2. The molecule has 124 valence electrons. The van der Waals surface area contributed by atoms with Crippen LogP contribution < -0.4 is 5.32 Å². The third-order valence-electron chi connectivity index (χ3n) is 3.90. The fraction of sp³-hybridized carbons (Fsp3) is 0.471. The van der Waals surface area contributed by atoms with E-state index in [-0.39, 0.29) is 24.2 Å². The zero-order chi connectivity index (χ0) is 16.8. The van der Waals surface area contributed by atoms with Crippen LogP contribution in [0, 0.1) is 5.92 Å². The van der Waals surface area contributed by atoms with Gasteiger partial charge in [0.05, 0.1) is 0 Å². The van der Waals surface area contributed by atoms with Crippen LogP contribution in [0.25, 0.3) is 0 Å². The van der Waals surface area contributed by atoms with E-state index >= 15 is 0 Å². The Labute approximate surface area is 135 Å². The summed E-state index contributed by atoms with van der Waals surface area (Å²) in [6.45, 7) is 3.48. The van der Waals surface area contributed by atoms with Gasteiger partial charge in [-0.25, -0.2) is 0 Å². The van der Waals surface area contributed by atoms with Crippen LogP contribution in [0.1, 0.15) is 42.1 Å². The SMILES string of the molecule is CC(CNC(=O)c1ccc(CN2CCCC2=O)cc1)CC(=O)O. The lowest BCUT2D eigenvalue weighted by Crippen LogP contribution is -2.29. The number of carbonyl (C=O) groups is 3. The molecule has 1 unspecified atom stereocenters. The normalized spacial score (nSPS) is 15.5. The molecule has 2 amide bonds. The van der Waals surface area contributed by atoms with E-state index in [1.807, 2.05) is 17.0 Å². The molecule has 1 fully saturated rings. The quantitative estimate of drug-likeness (QED) is 0.800. The largest absolute Gasteiger partial charge is 0.481 e. The summed E-state index contributed by atoms with van der Waals surface area (Å²) in [5.74, 6) is -1.02. The summed E-state index contributed by atoms with van der Waals surface area (Å²) in [7, 11) is 0. The van der Waals surface area contributed by atoms with Crippen LogP contribution in [0.3, 0.4) is 0 Å². The molecule has 0 radical (unpaired) electrons. The number of aliphatic carboxylic acids is 1. The zero-order valence-corrected chi connectivity index (χ0v) is 13.2. The standard InChI is InChI=1S/C17H22N2O4/c1-12(9-16(21)22)10-18-17(23)14-6-4-13(5-7-14)11-19-8-2-3-15(19)20/h4-7,12H,2-3,8-11H2,1H3,(H,18,23)(H,21,22). The molecule has 1 aromatic carbocycles. The molecule has 1 aliphatic heterocycles. The highest BCUT2D eigenvalue weighted by Crippen LogP contribution is 2.14. The smallest absolute Gasteiger partial charge is 0.303 e. The number of likely N-dealkylation sites (tertiary alicyclic amines) is 1. The summed E-state index contributed by atoms with van der Waals surface area (Å²) in [6.07, 6.45) is 1.56. The monoisotopic (exact) mass is 318 g/mol. The molecular formula is C17H22N2O4. The van der Waals surface area contributed by atoms with E-state index in [4.69, 9.17) is 5.11 Å². The van der Waals surface area contributed by atoms with E-state index in [0.29, 0.717) is 25.1 Å². The van der Waals surface area contributed by atoms with E-state index in [0.717, 1.165) is 18.5 Å². The van der Waals surface area contributed by atoms with Crippen molar-refractivity contribution in [3.8, 4) is 0 Å². The molecule has 0 aliphatic carbocycles. The number of rotatable bonds is 7. The van der Waals surface area contributed by atoms with Crippen molar-refractivity contribution >= 4 is 17.8 Å². The Morgan fingerprint density at radius 2 is 2.00 bits per heavy atom. The van der Waals surface area contributed by atoms with E-state index in [1.54, 1.807) is 19.1 Å². The van der Waals surface area contributed by atoms with Crippen molar-refractivity contribution in [1.82, 2.24) is 10.2 Å². The van der Waals surface area contributed by atoms with Crippen LogP contribution in [-0.2, 0) is 16.1 Å². The minimum absolute atomic E-state index is 0.0308. The van der Waals surface area contributed by atoms with E-state index < -0.39 is 5.97 Å². The molecular weight excluding hydrogens is 296 g/mol. The van der Waals surface area contributed by atoms with Gasteiger partial charge in [0.25, 0.3) is 5.91 Å². The second-order valence-electron chi connectivity index (χ2n) is 6.03. The van der Waals surface area contributed by atoms with Gasteiger partial charge in [-0.15, -0.1) is 0 Å². The van der Waals surface area contributed by atoms with Gasteiger partial charge < -0.3 is 15.3 Å². The van der Waals surface area contributed by atoms with Gasteiger partial charge in [0.1, 0.15) is 0 Å². The fourth-order valence-corrected chi connectivity index (χ4v) is 2.59. The third kappa shape index (κ3) is 5.09. The predicted molar refractivity (Wildman–Crippen MR) is 84.8 cm³/mol. The highest BCUT2D eigenvalue weighted by molar-refractivity contribution is 5.94. The maximum absolute atomic E-state index is 12.0. The second-order valence-corrected chi connectivity index (χ2v) is 6.03. The maximum atomic E-state index is 12.0. The van der Waals surface area contributed by atoms with Gasteiger partial charge >= 0.3 is 5.97 Å². The Balaban J connectivity index is 1.85. The summed E-state index contributed by atoms with van der Waals surface area (Å²) in [5, 5.41) is 11.4. The van der Waals surface area contributed by atoms with Crippen LogP contribution in [0.2, 0.25) is 0 Å². The molecule has 2 N–H and O–H groups in total. The van der Waals surface area contributed by atoms with Gasteiger partial charge in [-0.3, -0.25) is 14.4 Å². The first-order chi connectivity index (χ1) is 11.0. The summed E-state index contributed by atoms with van der Waals surface area (Å²) in [5.41, 5.74) is 1.53. The fourth-order valence-electron chi connectivity index (χ4n) is 2.59. The molecule has 0 spiro atoms. The molecule has 0 aromatic heterocycles. The molecule has 2 rings (SSSR count). The van der Waals surface area contributed by atoms with Crippen molar-refractivity contribution in [3.05, 3.63) is 35.4 Å². The molecule has 6 heteroatoms. The lowest BCUT2D eigenvalue weighted by Gasteiger charge is -2.15. The van der Waals surface area contributed by atoms with Crippen LogP contribution in [0.15, 0.2) is 24.3 Å². The summed E-state index contributed by atoms with van der Waals surface area (Å²) < 4.78 is 0. The Morgan fingerprint density at radius 3 is 2.57 bits per heavy atom.